The van der Waals surface area contributed by atoms with Gasteiger partial charge in [-0.2, -0.15) is 5.10 Å². The quantitative estimate of drug-likeness (QED) is 0.687. The molecule has 10 heteroatoms. The second-order valence-corrected chi connectivity index (χ2v) is 6.58. The van der Waals surface area contributed by atoms with Crippen LogP contribution in [0.25, 0.3) is 0 Å². The maximum absolute atomic E-state index is 13.0. The van der Waals surface area contributed by atoms with Crippen molar-refractivity contribution in [3.63, 3.8) is 0 Å². The van der Waals surface area contributed by atoms with Gasteiger partial charge >= 0.3 is 5.97 Å². The van der Waals surface area contributed by atoms with Gasteiger partial charge in [0.25, 0.3) is 5.91 Å². The predicted octanol–water partition coefficient (Wildman–Crippen LogP) is 2.17. The summed E-state index contributed by atoms with van der Waals surface area (Å²) in [4.78, 5) is 48.2. The van der Waals surface area contributed by atoms with E-state index in [1.165, 1.54) is 55.6 Å². The van der Waals surface area contributed by atoms with E-state index in [4.69, 9.17) is 0 Å². The second kappa shape index (κ2) is 9.61. The van der Waals surface area contributed by atoms with Crippen LogP contribution in [0.5, 0.6) is 0 Å². The number of esters is 1. The topological polar surface area (TPSA) is 117 Å². The lowest BCUT2D eigenvalue weighted by molar-refractivity contribution is -0.135. The first kappa shape index (κ1) is 21.6. The number of hydrogen-bond acceptors (Lipinski definition) is 6. The van der Waals surface area contributed by atoms with Crippen molar-refractivity contribution in [2.45, 2.75) is 12.8 Å². The summed E-state index contributed by atoms with van der Waals surface area (Å²) >= 11 is 0. The van der Waals surface area contributed by atoms with Crippen LogP contribution in [-0.2, 0) is 19.1 Å². The molecule has 1 aliphatic heterocycles. The molecule has 0 unspecified atom stereocenters. The fourth-order valence-corrected chi connectivity index (χ4v) is 2.77. The van der Waals surface area contributed by atoms with Gasteiger partial charge in [-0.15, -0.1) is 0 Å². The van der Waals surface area contributed by atoms with E-state index in [-0.39, 0.29) is 25.1 Å². The first-order valence-corrected chi connectivity index (χ1v) is 9.28. The van der Waals surface area contributed by atoms with Crippen LogP contribution in [0.15, 0.2) is 53.6 Å². The van der Waals surface area contributed by atoms with Crippen molar-refractivity contribution in [2.75, 3.05) is 24.3 Å². The van der Waals surface area contributed by atoms with Gasteiger partial charge in [-0.3, -0.25) is 14.4 Å². The molecular weight excluding hydrogens is 407 g/mol. The number of amides is 3. The summed E-state index contributed by atoms with van der Waals surface area (Å²) < 4.78 is 17.6. The Morgan fingerprint density at radius 2 is 1.61 bits per heavy atom. The Labute approximate surface area is 176 Å². The molecule has 3 amide bonds. The lowest BCUT2D eigenvalue weighted by Crippen LogP contribution is -2.40. The highest BCUT2D eigenvalue weighted by Crippen LogP contribution is 2.14. The van der Waals surface area contributed by atoms with Crippen molar-refractivity contribution < 1.29 is 28.3 Å². The van der Waals surface area contributed by atoms with Crippen molar-refractivity contribution in [3.05, 3.63) is 59.9 Å². The molecule has 0 fully saturated rings. The molecule has 1 heterocycles. The van der Waals surface area contributed by atoms with Crippen molar-refractivity contribution in [3.8, 4) is 0 Å². The number of ether oxygens (including phenoxy) is 1. The van der Waals surface area contributed by atoms with E-state index in [2.05, 4.69) is 20.5 Å². The highest BCUT2D eigenvalue weighted by molar-refractivity contribution is 6.43. The first-order valence-electron chi connectivity index (χ1n) is 9.28. The number of benzene rings is 2. The summed E-state index contributed by atoms with van der Waals surface area (Å²) in [6.45, 7) is -0.384. The van der Waals surface area contributed by atoms with Gasteiger partial charge in [-0.25, -0.2) is 14.2 Å². The number of carbonyl (C=O) groups is 4. The number of nitrogens with one attached hydrogen (secondary N) is 2. The summed E-state index contributed by atoms with van der Waals surface area (Å²) in [5, 5.41) is 10.1. The van der Waals surface area contributed by atoms with E-state index in [1.54, 1.807) is 0 Å². The van der Waals surface area contributed by atoms with E-state index < -0.39 is 29.5 Å². The highest BCUT2D eigenvalue weighted by Gasteiger charge is 2.26. The number of rotatable bonds is 6. The molecule has 1 aliphatic rings. The minimum Gasteiger partial charge on any atom is -0.465 e. The first-order chi connectivity index (χ1) is 14.9. The molecule has 3 rings (SSSR count). The minimum atomic E-state index is -0.539. The predicted molar refractivity (Wildman–Crippen MR) is 110 cm³/mol. The Kier molecular flexibility index (Phi) is 6.71. The fraction of sp³-hybridized carbons (Fsp3) is 0.190. The molecule has 0 aliphatic carbocycles. The molecule has 0 aromatic heterocycles. The van der Waals surface area contributed by atoms with Crippen LogP contribution in [0.4, 0.5) is 15.8 Å². The molecule has 0 atom stereocenters. The van der Waals surface area contributed by atoms with Gasteiger partial charge < -0.3 is 15.4 Å². The van der Waals surface area contributed by atoms with E-state index in [9.17, 15) is 23.6 Å². The van der Waals surface area contributed by atoms with Crippen LogP contribution in [0.1, 0.15) is 23.2 Å². The normalized spacial score (nSPS) is 13.3. The Hall–Kier alpha value is -4.08. The smallest absolute Gasteiger partial charge is 0.337 e. The zero-order valence-electron chi connectivity index (χ0n) is 16.6. The van der Waals surface area contributed by atoms with Crippen LogP contribution < -0.4 is 10.6 Å². The number of halogens is 1. The molecule has 9 nitrogen and oxygen atoms in total. The fourth-order valence-electron chi connectivity index (χ4n) is 2.77. The third kappa shape index (κ3) is 5.72. The number of methoxy groups -OCH3 is 1. The summed E-state index contributed by atoms with van der Waals surface area (Å²) in [6.07, 6.45) is 0.149. The Balaban J connectivity index is 1.62. The maximum Gasteiger partial charge on any atom is 0.337 e. The molecule has 2 aromatic rings. The monoisotopic (exact) mass is 426 g/mol. The summed E-state index contributed by atoms with van der Waals surface area (Å²) in [5.74, 6) is -2.39. The second-order valence-electron chi connectivity index (χ2n) is 6.58. The number of nitrogens with zero attached hydrogens (tertiary/aromatic N) is 2. The molecule has 0 saturated carbocycles. The Morgan fingerprint density at radius 1 is 1.00 bits per heavy atom. The third-order valence-corrected chi connectivity index (χ3v) is 4.35. The van der Waals surface area contributed by atoms with E-state index in [1.807, 2.05) is 0 Å². The number of hydrogen-bond donors (Lipinski definition) is 2. The van der Waals surface area contributed by atoms with Crippen molar-refractivity contribution in [1.29, 1.82) is 0 Å². The summed E-state index contributed by atoms with van der Waals surface area (Å²) in [6, 6.07) is 11.2. The molecular formula is C21H19FN4O5. The van der Waals surface area contributed by atoms with E-state index in [0.29, 0.717) is 16.9 Å². The number of carbonyl (C=O) groups excluding carboxylic acids is 4. The molecule has 2 N–H and O–H groups in total. The van der Waals surface area contributed by atoms with Crippen LogP contribution in [0.3, 0.4) is 0 Å². The molecule has 31 heavy (non-hydrogen) atoms. The molecule has 0 radical (unpaired) electrons. The SMILES string of the molecule is COC(=O)c1ccc(NC(=O)CN2N=C(C(=O)Nc3ccc(F)cc3)CCC2=O)cc1. The van der Waals surface area contributed by atoms with Crippen LogP contribution >= 0.6 is 0 Å². The highest BCUT2D eigenvalue weighted by atomic mass is 19.1. The van der Waals surface area contributed by atoms with Crippen molar-refractivity contribution in [2.24, 2.45) is 5.10 Å². The number of anilines is 2. The molecule has 0 spiro atoms. The van der Waals surface area contributed by atoms with Crippen LogP contribution in [0, 0.1) is 5.82 Å². The van der Waals surface area contributed by atoms with Crippen LogP contribution in [-0.4, -0.2) is 48.1 Å². The van der Waals surface area contributed by atoms with Gasteiger partial charge in [-0.05, 0) is 48.5 Å². The van der Waals surface area contributed by atoms with Crippen molar-refractivity contribution in [1.82, 2.24) is 5.01 Å². The maximum atomic E-state index is 13.0. The average molecular weight is 426 g/mol. The molecule has 0 saturated heterocycles. The molecule has 2 aromatic carbocycles. The zero-order valence-corrected chi connectivity index (χ0v) is 16.6. The lowest BCUT2D eigenvalue weighted by Gasteiger charge is -2.22. The van der Waals surface area contributed by atoms with Gasteiger partial charge in [-0.1, -0.05) is 0 Å². The zero-order chi connectivity index (χ0) is 22.4. The van der Waals surface area contributed by atoms with Crippen LogP contribution in [0.2, 0.25) is 0 Å². The molecule has 160 valence electrons. The van der Waals surface area contributed by atoms with E-state index in [0.717, 1.165) is 5.01 Å². The lowest BCUT2D eigenvalue weighted by atomic mass is 10.1. The van der Waals surface area contributed by atoms with Gasteiger partial charge in [0.2, 0.25) is 11.8 Å². The summed E-state index contributed by atoms with van der Waals surface area (Å²) in [7, 11) is 1.27. The van der Waals surface area contributed by atoms with Gasteiger partial charge in [0, 0.05) is 24.2 Å². The standard InChI is InChI=1S/C21H19FN4O5/c1-31-21(30)13-2-6-15(7-3-13)23-18(27)12-26-19(28)11-10-17(25-26)20(29)24-16-8-4-14(22)5-9-16/h2-9H,10-12H2,1H3,(H,23,27)(H,24,29). The van der Waals surface area contributed by atoms with Gasteiger partial charge in [0.1, 0.15) is 18.1 Å². The Morgan fingerprint density at radius 3 is 2.26 bits per heavy atom. The molecule has 0 bridgehead atoms. The van der Waals surface area contributed by atoms with Gasteiger partial charge in [0.05, 0.1) is 12.7 Å². The Bertz CT molecular complexity index is 1030. The van der Waals surface area contributed by atoms with Gasteiger partial charge in [0.15, 0.2) is 0 Å². The average Bonchev–Trinajstić information content (AvgIpc) is 2.76. The largest absolute Gasteiger partial charge is 0.465 e. The third-order valence-electron chi connectivity index (χ3n) is 4.35. The minimum absolute atomic E-state index is 0.0246. The number of hydrazone groups is 1. The van der Waals surface area contributed by atoms with E-state index >= 15 is 0 Å². The summed E-state index contributed by atoms with van der Waals surface area (Å²) in [5.41, 5.74) is 1.21. The van der Waals surface area contributed by atoms with Crippen molar-refractivity contribution >= 4 is 40.8 Å².